The van der Waals surface area contributed by atoms with Gasteiger partial charge in [0.05, 0.1) is 0 Å². The molecule has 20 heavy (non-hydrogen) atoms. The van der Waals surface area contributed by atoms with Crippen molar-refractivity contribution in [1.82, 2.24) is 10.2 Å². The van der Waals surface area contributed by atoms with Gasteiger partial charge in [0, 0.05) is 37.8 Å². The summed E-state index contributed by atoms with van der Waals surface area (Å²) < 4.78 is 26.5. The summed E-state index contributed by atoms with van der Waals surface area (Å²) in [5.41, 5.74) is 0.708. The van der Waals surface area contributed by atoms with Gasteiger partial charge in [-0.05, 0) is 30.5 Å². The van der Waals surface area contributed by atoms with Crippen molar-refractivity contribution in [2.75, 3.05) is 13.1 Å². The van der Waals surface area contributed by atoms with Crippen LogP contribution < -0.4 is 5.32 Å². The minimum absolute atomic E-state index is 0.377. The van der Waals surface area contributed by atoms with E-state index < -0.39 is 11.6 Å². The van der Waals surface area contributed by atoms with E-state index in [9.17, 15) is 8.78 Å². The standard InChI is InChI=1S/C16H24F2N2/c1-4-11(2)16-10-20(12(3)8-19-16)9-13-5-14(17)7-15(18)6-13/h5-7,11-12,16,19H,4,8-10H2,1-3H3. The summed E-state index contributed by atoms with van der Waals surface area (Å²) in [7, 11) is 0. The van der Waals surface area contributed by atoms with Crippen molar-refractivity contribution in [3.63, 3.8) is 0 Å². The molecule has 1 N–H and O–H groups in total. The Hall–Kier alpha value is -1.00. The molecular weight excluding hydrogens is 258 g/mol. The third kappa shape index (κ3) is 3.76. The second-order valence-corrected chi connectivity index (χ2v) is 5.96. The number of halogens is 2. The molecule has 0 aromatic heterocycles. The van der Waals surface area contributed by atoms with Crippen LogP contribution >= 0.6 is 0 Å². The molecule has 2 nitrogen and oxygen atoms in total. The lowest BCUT2D eigenvalue weighted by molar-refractivity contribution is 0.111. The normalized spacial score (nSPS) is 25.6. The van der Waals surface area contributed by atoms with Gasteiger partial charge in [0.15, 0.2) is 0 Å². The van der Waals surface area contributed by atoms with Crippen LogP contribution in [0, 0.1) is 17.6 Å². The zero-order chi connectivity index (χ0) is 14.7. The van der Waals surface area contributed by atoms with Crippen molar-refractivity contribution < 1.29 is 8.78 Å². The van der Waals surface area contributed by atoms with Gasteiger partial charge in [-0.3, -0.25) is 4.90 Å². The summed E-state index contributed by atoms with van der Waals surface area (Å²) in [6, 6.07) is 4.61. The van der Waals surface area contributed by atoms with E-state index in [1.807, 2.05) is 0 Å². The molecule has 112 valence electrons. The summed E-state index contributed by atoms with van der Waals surface area (Å²) in [5.74, 6) is -0.392. The maximum atomic E-state index is 13.3. The molecule has 4 heteroatoms. The number of rotatable bonds is 4. The first kappa shape index (κ1) is 15.4. The second-order valence-electron chi connectivity index (χ2n) is 5.96. The van der Waals surface area contributed by atoms with Crippen molar-refractivity contribution in [2.45, 2.75) is 45.8 Å². The van der Waals surface area contributed by atoms with Crippen molar-refractivity contribution >= 4 is 0 Å². The van der Waals surface area contributed by atoms with Crippen LogP contribution in [0.4, 0.5) is 8.78 Å². The van der Waals surface area contributed by atoms with Gasteiger partial charge in [0.25, 0.3) is 0 Å². The maximum absolute atomic E-state index is 13.3. The molecule has 1 aromatic rings. The van der Waals surface area contributed by atoms with E-state index in [2.05, 4.69) is 31.0 Å². The van der Waals surface area contributed by atoms with Gasteiger partial charge in [0.1, 0.15) is 11.6 Å². The maximum Gasteiger partial charge on any atom is 0.126 e. The predicted octanol–water partition coefficient (Wildman–Crippen LogP) is 3.17. The Morgan fingerprint density at radius 1 is 1.30 bits per heavy atom. The van der Waals surface area contributed by atoms with Crippen LogP contribution in [0.1, 0.15) is 32.8 Å². The summed E-state index contributed by atoms with van der Waals surface area (Å²) in [6.07, 6.45) is 1.13. The first-order valence-electron chi connectivity index (χ1n) is 7.42. The van der Waals surface area contributed by atoms with E-state index in [-0.39, 0.29) is 0 Å². The molecule has 0 amide bonds. The Labute approximate surface area is 120 Å². The molecule has 0 spiro atoms. The van der Waals surface area contributed by atoms with Gasteiger partial charge in [-0.25, -0.2) is 8.78 Å². The molecule has 2 rings (SSSR count). The van der Waals surface area contributed by atoms with Crippen molar-refractivity contribution in [1.29, 1.82) is 0 Å². The molecule has 0 radical (unpaired) electrons. The summed E-state index contributed by atoms with van der Waals surface area (Å²) in [5, 5.41) is 3.57. The summed E-state index contributed by atoms with van der Waals surface area (Å²) >= 11 is 0. The lowest BCUT2D eigenvalue weighted by Gasteiger charge is -2.41. The van der Waals surface area contributed by atoms with Crippen molar-refractivity contribution in [2.24, 2.45) is 5.92 Å². The molecule has 0 bridgehead atoms. The SMILES string of the molecule is CCC(C)C1CN(Cc2cc(F)cc(F)c2)C(C)CN1. The molecule has 0 aliphatic carbocycles. The van der Waals surface area contributed by atoms with Gasteiger partial charge >= 0.3 is 0 Å². The first-order chi connectivity index (χ1) is 9.49. The third-order valence-electron chi connectivity index (χ3n) is 4.37. The summed E-state index contributed by atoms with van der Waals surface area (Å²) in [4.78, 5) is 2.31. The number of benzene rings is 1. The molecule has 1 heterocycles. The fourth-order valence-corrected chi connectivity index (χ4v) is 2.77. The van der Waals surface area contributed by atoms with Crippen LogP contribution in [0.2, 0.25) is 0 Å². The van der Waals surface area contributed by atoms with Gasteiger partial charge in [-0.15, -0.1) is 0 Å². The predicted molar refractivity (Wildman–Crippen MR) is 77.5 cm³/mol. The molecule has 1 aliphatic rings. The molecule has 1 aromatic carbocycles. The molecule has 0 saturated carbocycles. The Bertz CT molecular complexity index is 430. The Balaban J connectivity index is 2.06. The fourth-order valence-electron chi connectivity index (χ4n) is 2.77. The van der Waals surface area contributed by atoms with E-state index in [1.165, 1.54) is 12.1 Å². The van der Waals surface area contributed by atoms with E-state index in [0.29, 0.717) is 30.1 Å². The van der Waals surface area contributed by atoms with E-state index in [4.69, 9.17) is 0 Å². The highest BCUT2D eigenvalue weighted by Crippen LogP contribution is 2.18. The topological polar surface area (TPSA) is 15.3 Å². The zero-order valence-electron chi connectivity index (χ0n) is 12.5. The molecule has 1 fully saturated rings. The Kier molecular flexibility index (Phi) is 5.11. The van der Waals surface area contributed by atoms with Gasteiger partial charge < -0.3 is 5.32 Å². The largest absolute Gasteiger partial charge is 0.311 e. The molecule has 3 unspecified atom stereocenters. The molecular formula is C16H24F2N2. The lowest BCUT2D eigenvalue weighted by atomic mass is 9.95. The minimum atomic E-state index is -0.499. The summed E-state index contributed by atoms with van der Waals surface area (Å²) in [6.45, 7) is 9.03. The average Bonchev–Trinajstić information content (AvgIpc) is 2.39. The monoisotopic (exact) mass is 282 g/mol. The smallest absolute Gasteiger partial charge is 0.126 e. The third-order valence-corrected chi connectivity index (χ3v) is 4.37. The molecule has 1 saturated heterocycles. The number of nitrogens with one attached hydrogen (secondary N) is 1. The van der Waals surface area contributed by atoms with Gasteiger partial charge in [-0.2, -0.15) is 0 Å². The zero-order valence-corrected chi connectivity index (χ0v) is 12.5. The Morgan fingerprint density at radius 3 is 2.55 bits per heavy atom. The van der Waals surface area contributed by atoms with Gasteiger partial charge in [-0.1, -0.05) is 20.3 Å². The number of piperazine rings is 1. The number of hydrogen-bond acceptors (Lipinski definition) is 2. The first-order valence-corrected chi connectivity index (χ1v) is 7.42. The van der Waals surface area contributed by atoms with Crippen LogP contribution in [0.5, 0.6) is 0 Å². The number of nitrogens with zero attached hydrogens (tertiary/aromatic N) is 1. The number of hydrogen-bond donors (Lipinski definition) is 1. The lowest BCUT2D eigenvalue weighted by Crippen LogP contribution is -2.56. The quantitative estimate of drug-likeness (QED) is 0.912. The van der Waals surface area contributed by atoms with E-state index in [0.717, 1.165) is 25.6 Å². The van der Waals surface area contributed by atoms with E-state index in [1.54, 1.807) is 0 Å². The van der Waals surface area contributed by atoms with Crippen LogP contribution in [0.15, 0.2) is 18.2 Å². The van der Waals surface area contributed by atoms with Crippen LogP contribution in [-0.4, -0.2) is 30.1 Å². The average molecular weight is 282 g/mol. The van der Waals surface area contributed by atoms with Crippen molar-refractivity contribution in [3.8, 4) is 0 Å². The fraction of sp³-hybridized carbons (Fsp3) is 0.625. The van der Waals surface area contributed by atoms with Crippen LogP contribution in [0.25, 0.3) is 0 Å². The van der Waals surface area contributed by atoms with Crippen molar-refractivity contribution in [3.05, 3.63) is 35.4 Å². The van der Waals surface area contributed by atoms with Crippen LogP contribution in [-0.2, 0) is 6.54 Å². The highest BCUT2D eigenvalue weighted by atomic mass is 19.1. The minimum Gasteiger partial charge on any atom is -0.311 e. The highest BCUT2D eigenvalue weighted by Gasteiger charge is 2.27. The second kappa shape index (κ2) is 6.64. The van der Waals surface area contributed by atoms with Crippen LogP contribution in [0.3, 0.4) is 0 Å². The Morgan fingerprint density at radius 2 is 1.95 bits per heavy atom. The highest BCUT2D eigenvalue weighted by molar-refractivity contribution is 5.18. The van der Waals surface area contributed by atoms with E-state index >= 15 is 0 Å². The molecule has 1 aliphatic heterocycles. The van der Waals surface area contributed by atoms with Gasteiger partial charge in [0.2, 0.25) is 0 Å². The molecule has 3 atom stereocenters.